The average Bonchev–Trinajstić information content (AvgIpc) is 2.59. The minimum absolute atomic E-state index is 0.134. The Kier molecular flexibility index (Phi) is 5.41. The zero-order valence-corrected chi connectivity index (χ0v) is 13.3. The molecule has 2 rings (SSSR count). The van der Waals surface area contributed by atoms with E-state index in [0.29, 0.717) is 0 Å². The van der Waals surface area contributed by atoms with E-state index in [2.05, 4.69) is 4.18 Å². The smallest absolute Gasteiger partial charge is 0.303 e. The summed E-state index contributed by atoms with van der Waals surface area (Å²) in [6, 6.07) is 9.78. The Bertz CT molecular complexity index is 913. The fourth-order valence-corrected chi connectivity index (χ4v) is 3.14. The van der Waals surface area contributed by atoms with Gasteiger partial charge in [-0.3, -0.25) is 24.4 Å². The highest BCUT2D eigenvalue weighted by Crippen LogP contribution is 2.28. The quantitative estimate of drug-likeness (QED) is 0.442. The summed E-state index contributed by atoms with van der Waals surface area (Å²) in [5.74, 6) is 0. The van der Waals surface area contributed by atoms with Gasteiger partial charge in [-0.15, -0.1) is 0 Å². The lowest BCUT2D eigenvalue weighted by atomic mass is 10.1. The lowest BCUT2D eigenvalue weighted by molar-refractivity contribution is -0.388. The average molecular weight is 368 g/mol. The fraction of sp³-hybridized carbons (Fsp3) is 0.143. The topological polar surface area (TPSA) is 150 Å². The first-order chi connectivity index (χ1) is 11.7. The Morgan fingerprint density at radius 1 is 0.960 bits per heavy atom. The normalized spacial score (nSPS) is 12.5. The third-order valence-corrected chi connectivity index (χ3v) is 4.54. The Morgan fingerprint density at radius 2 is 1.48 bits per heavy atom. The van der Waals surface area contributed by atoms with Gasteiger partial charge in [0.1, 0.15) is 6.10 Å². The SMILES string of the molecule is O=[N+]([O-])c1ccccc1C(O)COS(=O)(=O)c1ccccc1[N+](=O)[O-]. The van der Waals surface area contributed by atoms with Crippen molar-refractivity contribution in [3.8, 4) is 0 Å². The molecular weight excluding hydrogens is 356 g/mol. The van der Waals surface area contributed by atoms with E-state index in [0.717, 1.165) is 18.2 Å². The molecule has 0 spiro atoms. The van der Waals surface area contributed by atoms with Crippen LogP contribution in [0.3, 0.4) is 0 Å². The molecule has 0 fully saturated rings. The first-order valence-corrected chi connectivity index (χ1v) is 8.19. The van der Waals surface area contributed by atoms with Crippen molar-refractivity contribution in [1.82, 2.24) is 0 Å². The van der Waals surface area contributed by atoms with Gasteiger partial charge in [0.25, 0.3) is 11.4 Å². The van der Waals surface area contributed by atoms with Crippen LogP contribution in [0.5, 0.6) is 0 Å². The van der Waals surface area contributed by atoms with Crippen molar-refractivity contribution >= 4 is 21.5 Å². The van der Waals surface area contributed by atoms with Crippen LogP contribution >= 0.6 is 0 Å². The second-order valence-corrected chi connectivity index (χ2v) is 6.38. The van der Waals surface area contributed by atoms with Gasteiger partial charge in [0.05, 0.1) is 22.0 Å². The molecule has 0 amide bonds. The summed E-state index contributed by atoms with van der Waals surface area (Å²) in [4.78, 5) is 19.6. The number of para-hydroxylation sites is 2. The largest absolute Gasteiger partial charge is 0.386 e. The van der Waals surface area contributed by atoms with Gasteiger partial charge in [-0.25, -0.2) is 0 Å². The van der Waals surface area contributed by atoms with Gasteiger partial charge in [0.15, 0.2) is 4.90 Å². The van der Waals surface area contributed by atoms with Crippen LogP contribution in [-0.4, -0.2) is 30.0 Å². The summed E-state index contributed by atoms with van der Waals surface area (Å²) in [6.07, 6.45) is -1.61. The van der Waals surface area contributed by atoms with Gasteiger partial charge >= 0.3 is 10.1 Å². The molecule has 0 aliphatic rings. The Hall–Kier alpha value is -2.89. The van der Waals surface area contributed by atoms with E-state index in [4.69, 9.17) is 0 Å². The molecule has 2 aromatic rings. The summed E-state index contributed by atoms with van der Waals surface area (Å²) in [6.45, 7) is -0.834. The monoisotopic (exact) mass is 368 g/mol. The molecule has 11 heteroatoms. The van der Waals surface area contributed by atoms with Crippen molar-refractivity contribution in [2.24, 2.45) is 0 Å². The number of aliphatic hydroxyl groups is 1. The molecule has 0 radical (unpaired) electrons. The maximum atomic E-state index is 12.1. The first-order valence-electron chi connectivity index (χ1n) is 6.78. The van der Waals surface area contributed by atoms with E-state index in [9.17, 15) is 33.8 Å². The Balaban J connectivity index is 2.24. The van der Waals surface area contributed by atoms with Crippen molar-refractivity contribution in [1.29, 1.82) is 0 Å². The Morgan fingerprint density at radius 3 is 2.08 bits per heavy atom. The fourth-order valence-electron chi connectivity index (χ4n) is 2.06. The number of nitro benzene ring substituents is 2. The predicted octanol–water partition coefficient (Wildman–Crippen LogP) is 1.94. The molecular formula is C14H12N2O8S. The van der Waals surface area contributed by atoms with Crippen molar-refractivity contribution in [3.05, 3.63) is 74.3 Å². The number of benzene rings is 2. The van der Waals surface area contributed by atoms with Crippen LogP contribution in [0.25, 0.3) is 0 Å². The number of nitro groups is 2. The van der Waals surface area contributed by atoms with Crippen LogP contribution in [0.1, 0.15) is 11.7 Å². The number of hydrogen-bond acceptors (Lipinski definition) is 8. The molecule has 0 aromatic heterocycles. The molecule has 0 aliphatic carbocycles. The van der Waals surface area contributed by atoms with Crippen molar-refractivity contribution in [3.63, 3.8) is 0 Å². The zero-order valence-electron chi connectivity index (χ0n) is 12.5. The number of hydrogen-bond donors (Lipinski definition) is 1. The van der Waals surface area contributed by atoms with Crippen molar-refractivity contribution in [2.75, 3.05) is 6.61 Å². The molecule has 2 aromatic carbocycles. The highest BCUT2D eigenvalue weighted by Gasteiger charge is 2.28. The van der Waals surface area contributed by atoms with E-state index in [1.54, 1.807) is 0 Å². The second-order valence-electron chi connectivity index (χ2n) is 4.80. The van der Waals surface area contributed by atoms with E-state index in [1.807, 2.05) is 0 Å². The molecule has 0 saturated heterocycles. The molecule has 0 bridgehead atoms. The highest BCUT2D eigenvalue weighted by molar-refractivity contribution is 7.87. The summed E-state index contributed by atoms with van der Waals surface area (Å²) in [5, 5.41) is 31.8. The van der Waals surface area contributed by atoms with E-state index >= 15 is 0 Å². The molecule has 0 saturated carbocycles. The minimum atomic E-state index is -4.54. The van der Waals surface area contributed by atoms with E-state index in [1.165, 1.54) is 30.3 Å². The number of nitrogens with zero attached hydrogens (tertiary/aromatic N) is 2. The van der Waals surface area contributed by atoms with Crippen LogP contribution in [-0.2, 0) is 14.3 Å². The van der Waals surface area contributed by atoms with Gasteiger partial charge in [-0.05, 0) is 12.1 Å². The Labute approximate surface area is 141 Å². The molecule has 0 aliphatic heterocycles. The van der Waals surface area contributed by atoms with Crippen LogP contribution in [0.4, 0.5) is 11.4 Å². The molecule has 25 heavy (non-hydrogen) atoms. The van der Waals surface area contributed by atoms with Gasteiger partial charge < -0.3 is 5.11 Å². The minimum Gasteiger partial charge on any atom is -0.386 e. The van der Waals surface area contributed by atoms with Gasteiger partial charge in [0, 0.05) is 12.1 Å². The molecule has 1 atom stereocenters. The number of aliphatic hydroxyl groups excluding tert-OH is 1. The molecule has 1 N–H and O–H groups in total. The van der Waals surface area contributed by atoms with Crippen molar-refractivity contribution in [2.45, 2.75) is 11.0 Å². The third kappa shape index (κ3) is 4.15. The van der Waals surface area contributed by atoms with Gasteiger partial charge in [0.2, 0.25) is 0 Å². The van der Waals surface area contributed by atoms with E-state index in [-0.39, 0.29) is 5.56 Å². The lowest BCUT2D eigenvalue weighted by Crippen LogP contribution is -2.15. The highest BCUT2D eigenvalue weighted by atomic mass is 32.2. The number of rotatable bonds is 7. The van der Waals surface area contributed by atoms with Gasteiger partial charge in [-0.2, -0.15) is 8.42 Å². The van der Waals surface area contributed by atoms with Crippen LogP contribution < -0.4 is 0 Å². The molecule has 1 unspecified atom stereocenters. The zero-order chi connectivity index (χ0) is 18.6. The van der Waals surface area contributed by atoms with Crippen LogP contribution in [0, 0.1) is 20.2 Å². The maximum absolute atomic E-state index is 12.1. The molecule has 10 nitrogen and oxygen atoms in total. The summed E-state index contributed by atoms with van der Waals surface area (Å²) in [5.41, 5.74) is -1.21. The first kappa shape index (κ1) is 18.4. The van der Waals surface area contributed by atoms with Crippen molar-refractivity contribution < 1.29 is 27.6 Å². The predicted molar refractivity (Wildman–Crippen MR) is 84.3 cm³/mol. The van der Waals surface area contributed by atoms with Crippen LogP contribution in [0.2, 0.25) is 0 Å². The van der Waals surface area contributed by atoms with E-state index < -0.39 is 48.9 Å². The summed E-state index contributed by atoms with van der Waals surface area (Å²) in [7, 11) is -4.54. The molecule has 0 heterocycles. The second kappa shape index (κ2) is 7.34. The maximum Gasteiger partial charge on any atom is 0.303 e. The van der Waals surface area contributed by atoms with Crippen LogP contribution in [0.15, 0.2) is 53.4 Å². The summed E-state index contributed by atoms with van der Waals surface area (Å²) >= 11 is 0. The summed E-state index contributed by atoms with van der Waals surface area (Å²) < 4.78 is 28.9. The lowest BCUT2D eigenvalue weighted by Gasteiger charge is -2.12. The third-order valence-electron chi connectivity index (χ3n) is 3.20. The standard InChI is InChI=1S/C14H12N2O8S/c17-13(10-5-1-2-6-11(10)15(18)19)9-24-25(22,23)14-8-4-3-7-12(14)16(20)21/h1-8,13,17H,9H2. The molecule has 132 valence electrons. The van der Waals surface area contributed by atoms with Gasteiger partial charge in [-0.1, -0.05) is 24.3 Å².